The van der Waals surface area contributed by atoms with Gasteiger partial charge in [0.25, 0.3) is 5.91 Å². The molecule has 1 amide bonds. The first-order chi connectivity index (χ1) is 12.1. The molecule has 0 fully saturated rings. The van der Waals surface area contributed by atoms with Gasteiger partial charge in [0.15, 0.2) is 6.61 Å². The maximum absolute atomic E-state index is 12.1. The average Bonchev–Trinajstić information content (AvgIpc) is 3.19. The fraction of sp³-hybridized carbons (Fsp3) is 0.389. The summed E-state index contributed by atoms with van der Waals surface area (Å²) < 4.78 is 5.02. The molecule has 7 heteroatoms. The molecule has 130 valence electrons. The molecule has 0 aromatic carbocycles. The Kier molecular flexibility index (Phi) is 5.51. The number of nitrogens with one attached hydrogen (secondary N) is 1. The normalized spacial score (nSPS) is 15.9. The van der Waals surface area contributed by atoms with Gasteiger partial charge in [-0.05, 0) is 53.1 Å². The highest BCUT2D eigenvalue weighted by atomic mass is 32.1. The van der Waals surface area contributed by atoms with E-state index in [1.54, 1.807) is 0 Å². The van der Waals surface area contributed by atoms with E-state index in [-0.39, 0.29) is 13.0 Å². The lowest BCUT2D eigenvalue weighted by molar-refractivity contribution is -0.146. The molecule has 0 bridgehead atoms. The summed E-state index contributed by atoms with van der Waals surface area (Å²) in [7, 11) is 0. The molecule has 3 rings (SSSR count). The molecule has 5 nitrogen and oxygen atoms in total. The number of rotatable bonds is 5. The molecule has 0 unspecified atom stereocenters. The molecule has 0 saturated heterocycles. The van der Waals surface area contributed by atoms with E-state index < -0.39 is 11.9 Å². The van der Waals surface area contributed by atoms with Crippen LogP contribution in [0.25, 0.3) is 0 Å². The van der Waals surface area contributed by atoms with Crippen LogP contribution in [0.2, 0.25) is 0 Å². The lowest BCUT2D eigenvalue weighted by Gasteiger charge is -2.17. The second-order valence-corrected chi connectivity index (χ2v) is 8.07. The summed E-state index contributed by atoms with van der Waals surface area (Å²) in [5.41, 5.74) is 2.50. The Morgan fingerprint density at radius 1 is 1.48 bits per heavy atom. The SMILES string of the molecule is C[C@H]1CCc2c(sc(NC(=O)COC(=O)Cc3ccsc3)c2C#N)C1. The maximum atomic E-state index is 12.1. The second-order valence-electron chi connectivity index (χ2n) is 6.18. The Bertz CT molecular complexity index is 818. The van der Waals surface area contributed by atoms with Crippen molar-refractivity contribution in [3.05, 3.63) is 38.4 Å². The third kappa shape index (κ3) is 4.27. The van der Waals surface area contributed by atoms with E-state index in [0.717, 1.165) is 30.4 Å². The molecular formula is C18H18N2O3S2. The average molecular weight is 374 g/mol. The predicted octanol–water partition coefficient (Wildman–Crippen LogP) is 3.53. The monoisotopic (exact) mass is 374 g/mol. The van der Waals surface area contributed by atoms with Crippen molar-refractivity contribution in [1.82, 2.24) is 0 Å². The van der Waals surface area contributed by atoms with Gasteiger partial charge < -0.3 is 10.1 Å². The van der Waals surface area contributed by atoms with Crippen molar-refractivity contribution >= 4 is 39.6 Å². The molecule has 0 spiro atoms. The van der Waals surface area contributed by atoms with Crippen molar-refractivity contribution < 1.29 is 14.3 Å². The van der Waals surface area contributed by atoms with Crippen molar-refractivity contribution in [2.45, 2.75) is 32.6 Å². The molecule has 1 atom stereocenters. The first-order valence-corrected chi connectivity index (χ1v) is 9.84. The van der Waals surface area contributed by atoms with E-state index in [1.165, 1.54) is 27.6 Å². The third-order valence-corrected chi connectivity index (χ3v) is 6.07. The molecule has 0 aliphatic heterocycles. The number of nitriles is 1. The van der Waals surface area contributed by atoms with Crippen molar-refractivity contribution in [3.8, 4) is 6.07 Å². The fourth-order valence-electron chi connectivity index (χ4n) is 2.88. The highest BCUT2D eigenvalue weighted by Crippen LogP contribution is 2.39. The van der Waals surface area contributed by atoms with Gasteiger partial charge in [-0.1, -0.05) is 6.92 Å². The quantitative estimate of drug-likeness (QED) is 0.812. The summed E-state index contributed by atoms with van der Waals surface area (Å²) >= 11 is 2.97. The second kappa shape index (κ2) is 7.81. The summed E-state index contributed by atoms with van der Waals surface area (Å²) in [4.78, 5) is 25.0. The van der Waals surface area contributed by atoms with Crippen LogP contribution in [0, 0.1) is 17.2 Å². The van der Waals surface area contributed by atoms with E-state index in [1.807, 2.05) is 16.8 Å². The number of thiophene rings is 2. The summed E-state index contributed by atoms with van der Waals surface area (Å²) in [6.45, 7) is 1.85. The van der Waals surface area contributed by atoms with Crippen molar-refractivity contribution in [3.63, 3.8) is 0 Å². The van der Waals surface area contributed by atoms with Crippen LogP contribution in [0.15, 0.2) is 16.8 Å². The summed E-state index contributed by atoms with van der Waals surface area (Å²) in [6.07, 6.45) is 3.04. The zero-order valence-electron chi connectivity index (χ0n) is 13.8. The van der Waals surface area contributed by atoms with E-state index in [0.29, 0.717) is 16.5 Å². The number of amides is 1. The standard InChI is InChI=1S/C18H18N2O3S2/c1-11-2-3-13-14(8-19)18(25-15(13)6-11)20-16(21)9-23-17(22)7-12-4-5-24-10-12/h4-5,10-11H,2-3,6-7,9H2,1H3,(H,20,21)/t11-/m0/s1. The molecule has 1 aliphatic rings. The van der Waals surface area contributed by atoms with Crippen LogP contribution in [0.5, 0.6) is 0 Å². The molecule has 0 saturated carbocycles. The fourth-order valence-corrected chi connectivity index (χ4v) is 4.92. The van der Waals surface area contributed by atoms with E-state index in [2.05, 4.69) is 18.3 Å². The van der Waals surface area contributed by atoms with Crippen LogP contribution in [-0.2, 0) is 33.6 Å². The maximum Gasteiger partial charge on any atom is 0.310 e. The number of ether oxygens (including phenoxy) is 1. The predicted molar refractivity (Wildman–Crippen MR) is 97.8 cm³/mol. The molecule has 0 radical (unpaired) electrons. The van der Waals surface area contributed by atoms with Crippen LogP contribution >= 0.6 is 22.7 Å². The van der Waals surface area contributed by atoms with Gasteiger partial charge in [-0.3, -0.25) is 9.59 Å². The van der Waals surface area contributed by atoms with Crippen molar-refractivity contribution in [2.75, 3.05) is 11.9 Å². The number of nitrogens with zero attached hydrogens (tertiary/aromatic N) is 1. The Labute approximate surface area is 154 Å². The summed E-state index contributed by atoms with van der Waals surface area (Å²) in [6, 6.07) is 4.06. The van der Waals surface area contributed by atoms with Gasteiger partial charge in [-0.15, -0.1) is 11.3 Å². The van der Waals surface area contributed by atoms with Crippen LogP contribution in [-0.4, -0.2) is 18.5 Å². The minimum atomic E-state index is -0.437. The number of carbonyl (C=O) groups is 2. The van der Waals surface area contributed by atoms with Crippen molar-refractivity contribution in [2.24, 2.45) is 5.92 Å². The Morgan fingerprint density at radius 2 is 2.32 bits per heavy atom. The third-order valence-electron chi connectivity index (χ3n) is 4.17. The Balaban J connectivity index is 1.58. The molecule has 2 heterocycles. The lowest BCUT2D eigenvalue weighted by Crippen LogP contribution is -2.21. The van der Waals surface area contributed by atoms with Gasteiger partial charge in [-0.25, -0.2) is 0 Å². The van der Waals surface area contributed by atoms with E-state index in [4.69, 9.17) is 4.74 Å². The van der Waals surface area contributed by atoms with Crippen LogP contribution < -0.4 is 5.32 Å². The smallest absolute Gasteiger partial charge is 0.310 e. The van der Waals surface area contributed by atoms with Crippen LogP contribution in [0.4, 0.5) is 5.00 Å². The van der Waals surface area contributed by atoms with Gasteiger partial charge >= 0.3 is 5.97 Å². The van der Waals surface area contributed by atoms with Gasteiger partial charge in [0.1, 0.15) is 11.1 Å². The highest BCUT2D eigenvalue weighted by molar-refractivity contribution is 7.16. The molecule has 1 aliphatic carbocycles. The van der Waals surface area contributed by atoms with Gasteiger partial charge in [0, 0.05) is 4.88 Å². The van der Waals surface area contributed by atoms with Gasteiger partial charge in [0.2, 0.25) is 0 Å². The molecular weight excluding hydrogens is 356 g/mol. The topological polar surface area (TPSA) is 79.2 Å². The van der Waals surface area contributed by atoms with Crippen molar-refractivity contribution in [1.29, 1.82) is 5.26 Å². The first-order valence-electron chi connectivity index (χ1n) is 8.08. The lowest BCUT2D eigenvalue weighted by atomic mass is 9.89. The summed E-state index contributed by atoms with van der Waals surface area (Å²) in [5, 5.41) is 16.5. The van der Waals surface area contributed by atoms with Crippen LogP contribution in [0.1, 0.15) is 34.9 Å². The molecule has 25 heavy (non-hydrogen) atoms. The highest BCUT2D eigenvalue weighted by Gasteiger charge is 2.24. The summed E-state index contributed by atoms with van der Waals surface area (Å²) in [5.74, 6) is -0.255. The number of hydrogen-bond acceptors (Lipinski definition) is 6. The number of anilines is 1. The van der Waals surface area contributed by atoms with Crippen LogP contribution in [0.3, 0.4) is 0 Å². The Hall–Kier alpha value is -2.17. The van der Waals surface area contributed by atoms with Gasteiger partial charge in [0.05, 0.1) is 12.0 Å². The minimum absolute atomic E-state index is 0.158. The number of fused-ring (bicyclic) bond motifs is 1. The number of carbonyl (C=O) groups excluding carboxylic acids is 2. The number of hydrogen-bond donors (Lipinski definition) is 1. The number of esters is 1. The molecule has 1 N–H and O–H groups in total. The minimum Gasteiger partial charge on any atom is -0.455 e. The Morgan fingerprint density at radius 3 is 3.04 bits per heavy atom. The zero-order valence-corrected chi connectivity index (χ0v) is 15.5. The molecule has 2 aromatic heterocycles. The van der Waals surface area contributed by atoms with Gasteiger partial charge in [-0.2, -0.15) is 16.6 Å². The first kappa shape index (κ1) is 17.6. The van der Waals surface area contributed by atoms with E-state index >= 15 is 0 Å². The largest absolute Gasteiger partial charge is 0.455 e. The zero-order chi connectivity index (χ0) is 17.8. The van der Waals surface area contributed by atoms with E-state index in [9.17, 15) is 14.9 Å². The molecule has 2 aromatic rings.